The Morgan fingerprint density at radius 1 is 1.24 bits per heavy atom. The van der Waals surface area contributed by atoms with Gasteiger partial charge in [0.15, 0.2) is 0 Å². The second kappa shape index (κ2) is 3.96. The molecule has 1 aliphatic carbocycles. The molecular weight excluding hydrogens is 237 g/mol. The van der Waals surface area contributed by atoms with Gasteiger partial charge in [0.25, 0.3) is 0 Å². The van der Waals surface area contributed by atoms with E-state index in [-0.39, 0.29) is 16.6 Å². The lowest BCUT2D eigenvalue weighted by molar-refractivity contribution is 0.457. The molecule has 94 valence electrons. The zero-order chi connectivity index (χ0) is 12.8. The molecule has 0 saturated heterocycles. The highest BCUT2D eigenvalue weighted by Gasteiger charge is 2.64. The average Bonchev–Trinajstić information content (AvgIpc) is 2.59. The summed E-state index contributed by atoms with van der Waals surface area (Å²) in [5, 5.41) is 3.90. The standard InChI is InChI=1S/C14H19ClFN/c1-13(2)12(14(13,3)4)17-8-9-10(15)6-5-7-11(9)16/h5-7,12,17H,8H2,1-4H3. The van der Waals surface area contributed by atoms with Crippen LogP contribution in [-0.4, -0.2) is 6.04 Å². The smallest absolute Gasteiger partial charge is 0.129 e. The van der Waals surface area contributed by atoms with Crippen LogP contribution in [0.5, 0.6) is 0 Å². The molecule has 1 saturated carbocycles. The molecule has 0 amide bonds. The van der Waals surface area contributed by atoms with Crippen molar-refractivity contribution in [3.63, 3.8) is 0 Å². The van der Waals surface area contributed by atoms with Gasteiger partial charge in [-0.3, -0.25) is 0 Å². The number of hydrogen-bond acceptors (Lipinski definition) is 1. The number of benzene rings is 1. The molecule has 0 aromatic heterocycles. The van der Waals surface area contributed by atoms with Crippen molar-refractivity contribution in [2.45, 2.75) is 40.3 Å². The van der Waals surface area contributed by atoms with Crippen LogP contribution in [0.25, 0.3) is 0 Å². The van der Waals surface area contributed by atoms with Crippen LogP contribution in [0.15, 0.2) is 18.2 Å². The third-order valence-corrected chi connectivity index (χ3v) is 4.92. The Hall–Kier alpha value is -0.600. The Labute approximate surface area is 107 Å². The summed E-state index contributed by atoms with van der Waals surface area (Å²) in [7, 11) is 0. The van der Waals surface area contributed by atoms with Crippen LogP contribution in [0.3, 0.4) is 0 Å². The maximum absolute atomic E-state index is 13.6. The highest BCUT2D eigenvalue weighted by atomic mass is 35.5. The van der Waals surface area contributed by atoms with E-state index in [2.05, 4.69) is 33.0 Å². The van der Waals surface area contributed by atoms with Crippen molar-refractivity contribution in [2.75, 3.05) is 0 Å². The first-order valence-electron chi connectivity index (χ1n) is 5.95. The van der Waals surface area contributed by atoms with Gasteiger partial charge in [-0.2, -0.15) is 0 Å². The van der Waals surface area contributed by atoms with E-state index in [4.69, 9.17) is 11.6 Å². The van der Waals surface area contributed by atoms with Crippen molar-refractivity contribution in [3.05, 3.63) is 34.6 Å². The highest BCUT2D eigenvalue weighted by molar-refractivity contribution is 6.31. The van der Waals surface area contributed by atoms with E-state index in [0.717, 1.165) is 0 Å². The van der Waals surface area contributed by atoms with Gasteiger partial charge in [0.1, 0.15) is 5.82 Å². The molecule has 1 aromatic rings. The molecule has 3 heteroatoms. The Morgan fingerprint density at radius 2 is 1.82 bits per heavy atom. The number of halogens is 2. The molecule has 0 spiro atoms. The van der Waals surface area contributed by atoms with Crippen LogP contribution < -0.4 is 5.32 Å². The van der Waals surface area contributed by atoms with Gasteiger partial charge in [0.2, 0.25) is 0 Å². The van der Waals surface area contributed by atoms with E-state index in [1.807, 2.05) is 0 Å². The quantitative estimate of drug-likeness (QED) is 0.861. The minimum absolute atomic E-state index is 0.235. The molecule has 0 radical (unpaired) electrons. The lowest BCUT2D eigenvalue weighted by Gasteiger charge is -2.09. The van der Waals surface area contributed by atoms with Gasteiger partial charge in [-0.05, 0) is 23.0 Å². The van der Waals surface area contributed by atoms with Crippen molar-refractivity contribution < 1.29 is 4.39 Å². The number of rotatable bonds is 3. The van der Waals surface area contributed by atoms with Gasteiger partial charge >= 0.3 is 0 Å². The fourth-order valence-electron chi connectivity index (χ4n) is 2.61. The van der Waals surface area contributed by atoms with Gasteiger partial charge in [0, 0.05) is 23.2 Å². The zero-order valence-corrected chi connectivity index (χ0v) is 11.5. The van der Waals surface area contributed by atoms with E-state index in [0.29, 0.717) is 23.2 Å². The van der Waals surface area contributed by atoms with E-state index < -0.39 is 0 Å². The largest absolute Gasteiger partial charge is 0.309 e. The first kappa shape index (κ1) is 12.8. The number of hydrogen-bond donors (Lipinski definition) is 1. The van der Waals surface area contributed by atoms with Crippen LogP contribution >= 0.6 is 11.6 Å². The van der Waals surface area contributed by atoms with Crippen molar-refractivity contribution >= 4 is 11.6 Å². The molecular formula is C14H19ClFN. The monoisotopic (exact) mass is 255 g/mol. The molecule has 0 atom stereocenters. The second-order valence-electron chi connectivity index (χ2n) is 5.96. The Bertz CT molecular complexity index is 406. The molecule has 0 bridgehead atoms. The Kier molecular flexibility index (Phi) is 2.99. The summed E-state index contributed by atoms with van der Waals surface area (Å²) in [6.07, 6.45) is 0. The zero-order valence-electron chi connectivity index (χ0n) is 10.8. The maximum atomic E-state index is 13.6. The molecule has 1 nitrogen and oxygen atoms in total. The molecule has 0 heterocycles. The third-order valence-electron chi connectivity index (χ3n) is 4.57. The Balaban J connectivity index is 2.06. The molecule has 1 aromatic carbocycles. The van der Waals surface area contributed by atoms with Crippen LogP contribution in [0.1, 0.15) is 33.3 Å². The maximum Gasteiger partial charge on any atom is 0.129 e. The molecule has 17 heavy (non-hydrogen) atoms. The van der Waals surface area contributed by atoms with Crippen molar-refractivity contribution in [1.29, 1.82) is 0 Å². The fraction of sp³-hybridized carbons (Fsp3) is 0.571. The summed E-state index contributed by atoms with van der Waals surface area (Å²) in [4.78, 5) is 0. The lowest BCUT2D eigenvalue weighted by atomic mass is 10.0. The molecule has 1 fully saturated rings. The van der Waals surface area contributed by atoms with Gasteiger partial charge in [-0.15, -0.1) is 0 Å². The summed E-state index contributed by atoms with van der Waals surface area (Å²) in [6.45, 7) is 9.41. The van der Waals surface area contributed by atoms with Crippen molar-refractivity contribution in [1.82, 2.24) is 5.32 Å². The van der Waals surface area contributed by atoms with Gasteiger partial charge in [-0.1, -0.05) is 45.4 Å². The van der Waals surface area contributed by atoms with E-state index in [9.17, 15) is 4.39 Å². The lowest BCUT2D eigenvalue weighted by Crippen LogP contribution is -2.22. The first-order valence-corrected chi connectivity index (χ1v) is 6.32. The van der Waals surface area contributed by atoms with Crippen LogP contribution in [0.4, 0.5) is 4.39 Å². The van der Waals surface area contributed by atoms with Gasteiger partial charge in [-0.25, -0.2) is 4.39 Å². The summed E-state index contributed by atoms with van der Waals surface area (Å²) in [5.74, 6) is -0.235. The predicted octanol–water partition coefficient (Wildman–Crippen LogP) is 4.00. The van der Waals surface area contributed by atoms with Crippen molar-refractivity contribution in [2.24, 2.45) is 10.8 Å². The summed E-state index contributed by atoms with van der Waals surface area (Å²) < 4.78 is 13.6. The second-order valence-corrected chi connectivity index (χ2v) is 6.36. The summed E-state index contributed by atoms with van der Waals surface area (Å²) in [5.41, 5.74) is 1.07. The molecule has 0 unspecified atom stereocenters. The fourth-order valence-corrected chi connectivity index (χ4v) is 2.84. The summed E-state index contributed by atoms with van der Waals surface area (Å²) >= 11 is 6.00. The van der Waals surface area contributed by atoms with E-state index in [1.54, 1.807) is 12.1 Å². The van der Waals surface area contributed by atoms with Crippen LogP contribution in [-0.2, 0) is 6.54 Å². The third kappa shape index (κ3) is 1.98. The Morgan fingerprint density at radius 3 is 2.29 bits per heavy atom. The highest BCUT2D eigenvalue weighted by Crippen LogP contribution is 2.62. The minimum atomic E-state index is -0.235. The topological polar surface area (TPSA) is 12.0 Å². The molecule has 1 N–H and O–H groups in total. The van der Waals surface area contributed by atoms with Crippen LogP contribution in [0.2, 0.25) is 5.02 Å². The molecule has 0 aliphatic heterocycles. The predicted molar refractivity (Wildman–Crippen MR) is 69.6 cm³/mol. The minimum Gasteiger partial charge on any atom is -0.309 e. The molecule has 1 aliphatic rings. The average molecular weight is 256 g/mol. The van der Waals surface area contributed by atoms with E-state index in [1.165, 1.54) is 6.07 Å². The summed E-state index contributed by atoms with van der Waals surface area (Å²) in [6, 6.07) is 5.22. The van der Waals surface area contributed by atoms with Gasteiger partial charge in [0.05, 0.1) is 0 Å². The van der Waals surface area contributed by atoms with Gasteiger partial charge < -0.3 is 5.32 Å². The van der Waals surface area contributed by atoms with Crippen molar-refractivity contribution in [3.8, 4) is 0 Å². The first-order chi connectivity index (χ1) is 7.78. The normalized spacial score (nSPS) is 21.5. The molecule has 2 rings (SSSR count). The SMILES string of the molecule is CC1(C)C(NCc2c(F)cccc2Cl)C1(C)C. The van der Waals surface area contributed by atoms with Crippen LogP contribution in [0, 0.1) is 16.6 Å². The number of nitrogens with one attached hydrogen (secondary N) is 1. The van der Waals surface area contributed by atoms with E-state index >= 15 is 0 Å².